The standard InChI is InChI=1S/C27H27N3O2S2/c1-6-13-30-26(32)23-21(20-10-7-16(2)8-11-20)15-33-25(23)29-27(30)34-19(5)24(31)28-22-12-9-17(3)14-18(22)4/h6-12,14-15,19H,1,13H2,2-5H3,(H,28,31). The molecule has 1 atom stereocenters. The molecule has 1 N–H and O–H groups in total. The predicted molar refractivity (Wildman–Crippen MR) is 144 cm³/mol. The number of nitrogens with one attached hydrogen (secondary N) is 1. The first-order chi connectivity index (χ1) is 16.3. The molecule has 0 saturated carbocycles. The molecular formula is C27H27N3O2S2. The Morgan fingerprint density at radius 3 is 2.56 bits per heavy atom. The van der Waals surface area contributed by atoms with E-state index >= 15 is 0 Å². The summed E-state index contributed by atoms with van der Waals surface area (Å²) < 4.78 is 1.60. The highest BCUT2D eigenvalue weighted by Crippen LogP contribution is 2.33. The molecule has 2 aromatic carbocycles. The maximum Gasteiger partial charge on any atom is 0.263 e. The minimum absolute atomic E-state index is 0.119. The Hall–Kier alpha value is -3.16. The molecule has 0 aliphatic rings. The Morgan fingerprint density at radius 1 is 1.18 bits per heavy atom. The van der Waals surface area contributed by atoms with Crippen LogP contribution in [0.25, 0.3) is 21.3 Å². The molecule has 4 aromatic rings. The summed E-state index contributed by atoms with van der Waals surface area (Å²) in [5, 5.41) is 5.65. The lowest BCUT2D eigenvalue weighted by molar-refractivity contribution is -0.115. The topological polar surface area (TPSA) is 64.0 Å². The van der Waals surface area contributed by atoms with Crippen LogP contribution in [0.3, 0.4) is 0 Å². The van der Waals surface area contributed by atoms with Crippen LogP contribution in [0.4, 0.5) is 5.69 Å². The highest BCUT2D eigenvalue weighted by atomic mass is 32.2. The molecule has 0 bridgehead atoms. The normalized spacial score (nSPS) is 12.0. The minimum atomic E-state index is -0.447. The van der Waals surface area contributed by atoms with Gasteiger partial charge in [-0.05, 0) is 44.9 Å². The molecule has 2 heterocycles. The highest BCUT2D eigenvalue weighted by molar-refractivity contribution is 8.00. The third-order valence-electron chi connectivity index (χ3n) is 5.62. The average molecular weight is 490 g/mol. The number of nitrogens with zero attached hydrogens (tertiary/aromatic N) is 2. The Bertz CT molecular complexity index is 1440. The van der Waals surface area contributed by atoms with Gasteiger partial charge in [-0.3, -0.25) is 14.2 Å². The maximum absolute atomic E-state index is 13.5. The molecule has 0 radical (unpaired) electrons. The number of aromatic nitrogens is 2. The summed E-state index contributed by atoms with van der Waals surface area (Å²) in [5.41, 5.74) is 5.86. The van der Waals surface area contributed by atoms with Gasteiger partial charge in [0.15, 0.2) is 5.16 Å². The second kappa shape index (κ2) is 9.99. The van der Waals surface area contributed by atoms with Crippen molar-refractivity contribution in [3.8, 4) is 11.1 Å². The fourth-order valence-corrected chi connectivity index (χ4v) is 5.64. The minimum Gasteiger partial charge on any atom is -0.325 e. The molecule has 1 unspecified atom stereocenters. The van der Waals surface area contributed by atoms with Gasteiger partial charge in [0.25, 0.3) is 5.56 Å². The Balaban J connectivity index is 1.67. The van der Waals surface area contributed by atoms with Crippen molar-refractivity contribution < 1.29 is 4.79 Å². The lowest BCUT2D eigenvalue weighted by Gasteiger charge is -2.16. The third-order valence-corrected chi connectivity index (χ3v) is 7.59. The molecule has 0 saturated heterocycles. The van der Waals surface area contributed by atoms with Crippen molar-refractivity contribution in [3.05, 3.63) is 87.5 Å². The smallest absolute Gasteiger partial charge is 0.263 e. The van der Waals surface area contributed by atoms with Gasteiger partial charge < -0.3 is 5.32 Å². The molecule has 0 spiro atoms. The fourth-order valence-electron chi connectivity index (χ4n) is 3.73. The van der Waals surface area contributed by atoms with Gasteiger partial charge in [0.05, 0.1) is 10.6 Å². The number of benzene rings is 2. The first-order valence-electron chi connectivity index (χ1n) is 11.0. The van der Waals surface area contributed by atoms with Gasteiger partial charge in [-0.25, -0.2) is 4.98 Å². The summed E-state index contributed by atoms with van der Waals surface area (Å²) in [6.07, 6.45) is 1.68. The summed E-state index contributed by atoms with van der Waals surface area (Å²) in [4.78, 5) is 31.9. The SMILES string of the molecule is C=CCn1c(SC(C)C(=O)Nc2ccc(C)cc2C)nc2scc(-c3ccc(C)cc3)c2c1=O. The van der Waals surface area contributed by atoms with Crippen LogP contribution in [0.15, 0.2) is 70.5 Å². The number of allylic oxidation sites excluding steroid dienone is 1. The molecule has 174 valence electrons. The number of hydrogen-bond acceptors (Lipinski definition) is 5. The zero-order valence-electron chi connectivity index (χ0n) is 19.7. The van der Waals surface area contributed by atoms with Crippen molar-refractivity contribution in [2.45, 2.75) is 44.6 Å². The van der Waals surface area contributed by atoms with Crippen LogP contribution in [0.1, 0.15) is 23.6 Å². The Kier molecular flexibility index (Phi) is 7.05. The average Bonchev–Trinajstić information content (AvgIpc) is 3.22. The van der Waals surface area contributed by atoms with Gasteiger partial charge in [0.1, 0.15) is 4.83 Å². The van der Waals surface area contributed by atoms with E-state index in [-0.39, 0.29) is 11.5 Å². The van der Waals surface area contributed by atoms with E-state index in [2.05, 4.69) is 11.9 Å². The van der Waals surface area contributed by atoms with Crippen LogP contribution < -0.4 is 10.9 Å². The number of thiophene rings is 1. The van der Waals surface area contributed by atoms with Crippen LogP contribution in [0.5, 0.6) is 0 Å². The monoisotopic (exact) mass is 489 g/mol. The van der Waals surface area contributed by atoms with E-state index in [0.29, 0.717) is 21.9 Å². The van der Waals surface area contributed by atoms with E-state index in [9.17, 15) is 9.59 Å². The predicted octanol–water partition coefficient (Wildman–Crippen LogP) is 6.36. The molecule has 0 fully saturated rings. The van der Waals surface area contributed by atoms with Crippen molar-refractivity contribution in [2.75, 3.05) is 5.32 Å². The van der Waals surface area contributed by atoms with Crippen molar-refractivity contribution in [1.29, 1.82) is 0 Å². The molecule has 0 aliphatic carbocycles. The first-order valence-corrected chi connectivity index (χ1v) is 12.8. The number of fused-ring (bicyclic) bond motifs is 1. The number of thioether (sulfide) groups is 1. The summed E-state index contributed by atoms with van der Waals surface area (Å²) in [6, 6.07) is 14.0. The molecule has 34 heavy (non-hydrogen) atoms. The molecule has 7 heteroatoms. The van der Waals surface area contributed by atoms with E-state index in [1.54, 1.807) is 10.6 Å². The lowest BCUT2D eigenvalue weighted by Crippen LogP contribution is -2.27. The zero-order valence-corrected chi connectivity index (χ0v) is 21.3. The van der Waals surface area contributed by atoms with Crippen LogP contribution in [0, 0.1) is 20.8 Å². The van der Waals surface area contributed by atoms with Crippen LogP contribution in [-0.2, 0) is 11.3 Å². The Morgan fingerprint density at radius 2 is 1.88 bits per heavy atom. The van der Waals surface area contributed by atoms with Gasteiger partial charge in [-0.1, -0.05) is 65.4 Å². The number of rotatable bonds is 7. The fraction of sp³-hybridized carbons (Fsp3) is 0.222. The number of hydrogen-bond donors (Lipinski definition) is 1. The van der Waals surface area contributed by atoms with Crippen molar-refractivity contribution in [3.63, 3.8) is 0 Å². The zero-order chi connectivity index (χ0) is 24.4. The van der Waals surface area contributed by atoms with E-state index in [0.717, 1.165) is 33.5 Å². The summed E-state index contributed by atoms with van der Waals surface area (Å²) >= 11 is 2.73. The summed E-state index contributed by atoms with van der Waals surface area (Å²) in [6.45, 7) is 12.0. The number of aryl methyl sites for hydroxylation is 3. The van der Waals surface area contributed by atoms with E-state index in [1.807, 2.05) is 75.5 Å². The van der Waals surface area contributed by atoms with Crippen molar-refractivity contribution in [2.24, 2.45) is 0 Å². The molecule has 5 nitrogen and oxygen atoms in total. The first kappa shape index (κ1) is 24.0. The van der Waals surface area contributed by atoms with Gasteiger partial charge in [-0.15, -0.1) is 17.9 Å². The quantitative estimate of drug-likeness (QED) is 0.186. The summed E-state index contributed by atoms with van der Waals surface area (Å²) in [7, 11) is 0. The molecule has 2 aromatic heterocycles. The number of carbonyl (C=O) groups is 1. The van der Waals surface area contributed by atoms with Crippen LogP contribution in [-0.4, -0.2) is 20.7 Å². The Labute approximate surface area is 207 Å². The number of carbonyl (C=O) groups excluding carboxylic acids is 1. The summed E-state index contributed by atoms with van der Waals surface area (Å²) in [5.74, 6) is -0.136. The lowest BCUT2D eigenvalue weighted by atomic mass is 10.1. The van der Waals surface area contributed by atoms with E-state index < -0.39 is 5.25 Å². The molecular weight excluding hydrogens is 462 g/mol. The number of amides is 1. The maximum atomic E-state index is 13.5. The molecule has 0 aliphatic heterocycles. The largest absolute Gasteiger partial charge is 0.325 e. The van der Waals surface area contributed by atoms with Gasteiger partial charge in [-0.2, -0.15) is 0 Å². The highest BCUT2D eigenvalue weighted by Gasteiger charge is 2.22. The van der Waals surface area contributed by atoms with Gasteiger partial charge in [0.2, 0.25) is 5.91 Å². The second-order valence-electron chi connectivity index (χ2n) is 8.36. The third kappa shape index (κ3) is 4.86. The van der Waals surface area contributed by atoms with Crippen LogP contribution in [0.2, 0.25) is 0 Å². The van der Waals surface area contributed by atoms with E-state index in [4.69, 9.17) is 4.98 Å². The van der Waals surface area contributed by atoms with Crippen molar-refractivity contribution >= 4 is 44.9 Å². The van der Waals surface area contributed by atoms with Gasteiger partial charge in [0, 0.05) is 23.2 Å². The van der Waals surface area contributed by atoms with E-state index in [1.165, 1.54) is 23.1 Å². The second-order valence-corrected chi connectivity index (χ2v) is 10.5. The van der Waals surface area contributed by atoms with Gasteiger partial charge >= 0.3 is 0 Å². The van der Waals surface area contributed by atoms with Crippen LogP contribution >= 0.6 is 23.1 Å². The number of anilines is 1. The molecule has 4 rings (SSSR count). The van der Waals surface area contributed by atoms with Crippen molar-refractivity contribution in [1.82, 2.24) is 9.55 Å². The molecule has 1 amide bonds.